The Morgan fingerprint density at radius 2 is 1.94 bits per heavy atom. The van der Waals surface area contributed by atoms with Crippen LogP contribution in [-0.4, -0.2) is 41.5 Å². The molecule has 0 aliphatic rings. The van der Waals surface area contributed by atoms with Crippen LogP contribution in [0.15, 0.2) is 71.9 Å². The predicted octanol–water partition coefficient (Wildman–Crippen LogP) is 5.01. The van der Waals surface area contributed by atoms with Gasteiger partial charge in [0.25, 0.3) is 0 Å². The number of allylic oxidation sites excluding steroid dienone is 1. The van der Waals surface area contributed by atoms with E-state index in [0.717, 1.165) is 22.2 Å². The SMILES string of the molecule is CC(C)(C)OC(=O)/C=C/c1cc2c(-c3cn[nH]c3/C=C\C=N)ccnc2n1[S+]([O-])c1ccccc1. The van der Waals surface area contributed by atoms with Gasteiger partial charge in [0.15, 0.2) is 10.5 Å². The van der Waals surface area contributed by atoms with Crippen molar-refractivity contribution in [3.63, 3.8) is 0 Å². The lowest BCUT2D eigenvalue weighted by molar-refractivity contribution is -0.148. The molecule has 178 valence electrons. The predicted molar refractivity (Wildman–Crippen MR) is 138 cm³/mol. The topological polar surface area (TPSA) is 120 Å². The van der Waals surface area contributed by atoms with E-state index in [1.54, 1.807) is 67.5 Å². The van der Waals surface area contributed by atoms with E-state index in [9.17, 15) is 9.35 Å². The maximum absolute atomic E-state index is 13.7. The lowest BCUT2D eigenvalue weighted by Crippen LogP contribution is -2.22. The zero-order chi connectivity index (χ0) is 25.0. The van der Waals surface area contributed by atoms with Gasteiger partial charge in [0.2, 0.25) is 0 Å². The minimum atomic E-state index is -1.62. The Bertz CT molecular complexity index is 1410. The molecule has 4 rings (SSSR count). The number of carbonyl (C=O) groups excluding carboxylic acids is 1. The summed E-state index contributed by atoms with van der Waals surface area (Å²) < 4.78 is 20.6. The fourth-order valence-corrected chi connectivity index (χ4v) is 4.74. The molecule has 3 heterocycles. The van der Waals surface area contributed by atoms with Gasteiger partial charge in [-0.1, -0.05) is 18.2 Å². The van der Waals surface area contributed by atoms with Crippen LogP contribution >= 0.6 is 0 Å². The molecule has 0 aliphatic heterocycles. The highest BCUT2D eigenvalue weighted by molar-refractivity contribution is 7.90. The van der Waals surface area contributed by atoms with Crippen LogP contribution in [0, 0.1) is 5.41 Å². The average molecular weight is 488 g/mol. The number of ether oxygens (including phenoxy) is 1. The highest BCUT2D eigenvalue weighted by atomic mass is 32.2. The molecule has 0 saturated heterocycles. The molecule has 3 aromatic heterocycles. The summed E-state index contributed by atoms with van der Waals surface area (Å²) in [4.78, 5) is 17.5. The second-order valence-corrected chi connectivity index (χ2v) is 9.95. The number of nitrogens with one attached hydrogen (secondary N) is 2. The van der Waals surface area contributed by atoms with Gasteiger partial charge in [-0.3, -0.25) is 5.10 Å². The summed E-state index contributed by atoms with van der Waals surface area (Å²) in [5.41, 5.74) is 2.76. The van der Waals surface area contributed by atoms with Crippen molar-refractivity contribution in [1.29, 1.82) is 5.41 Å². The number of nitrogens with zero attached hydrogens (tertiary/aromatic N) is 3. The van der Waals surface area contributed by atoms with Gasteiger partial charge in [-0.25, -0.2) is 9.78 Å². The largest absolute Gasteiger partial charge is 0.587 e. The highest BCUT2D eigenvalue weighted by Gasteiger charge is 2.24. The van der Waals surface area contributed by atoms with Gasteiger partial charge in [-0.2, -0.15) is 5.10 Å². The van der Waals surface area contributed by atoms with Crippen LogP contribution in [0.4, 0.5) is 0 Å². The van der Waals surface area contributed by atoms with Crippen molar-refractivity contribution in [2.45, 2.75) is 31.3 Å². The molecule has 8 nitrogen and oxygen atoms in total. The van der Waals surface area contributed by atoms with E-state index in [1.165, 1.54) is 12.3 Å². The number of hydrogen-bond acceptors (Lipinski definition) is 6. The number of rotatable bonds is 7. The van der Waals surface area contributed by atoms with Gasteiger partial charge in [0, 0.05) is 29.4 Å². The normalized spacial score (nSPS) is 13.0. The molecule has 4 aromatic rings. The average Bonchev–Trinajstić information content (AvgIpc) is 3.44. The molecule has 35 heavy (non-hydrogen) atoms. The molecule has 0 fully saturated rings. The molecule has 0 saturated carbocycles. The van der Waals surface area contributed by atoms with E-state index < -0.39 is 22.9 Å². The molecule has 0 radical (unpaired) electrons. The first-order valence-electron chi connectivity index (χ1n) is 10.9. The second-order valence-electron chi connectivity index (χ2n) is 8.61. The number of pyridine rings is 1. The number of hydrogen-bond donors (Lipinski definition) is 2. The number of aromatic amines is 1. The first-order chi connectivity index (χ1) is 16.8. The third kappa shape index (κ3) is 5.42. The summed E-state index contributed by atoms with van der Waals surface area (Å²) in [6.45, 7) is 5.39. The Morgan fingerprint density at radius 3 is 2.66 bits per heavy atom. The Labute approximate surface area is 206 Å². The van der Waals surface area contributed by atoms with Gasteiger partial charge < -0.3 is 14.7 Å². The van der Waals surface area contributed by atoms with Gasteiger partial charge >= 0.3 is 5.97 Å². The van der Waals surface area contributed by atoms with E-state index in [4.69, 9.17) is 10.1 Å². The zero-order valence-corrected chi connectivity index (χ0v) is 20.4. The molecule has 1 atom stereocenters. The highest BCUT2D eigenvalue weighted by Crippen LogP contribution is 2.34. The fraction of sp³-hybridized carbons (Fsp3) is 0.154. The molecule has 0 bridgehead atoms. The van der Waals surface area contributed by atoms with Crippen LogP contribution in [0.1, 0.15) is 32.2 Å². The number of H-pyrrole nitrogens is 1. The summed E-state index contributed by atoms with van der Waals surface area (Å²) in [6, 6.07) is 12.8. The van der Waals surface area contributed by atoms with Crippen molar-refractivity contribution in [1.82, 2.24) is 19.2 Å². The maximum Gasteiger partial charge on any atom is 0.331 e. The van der Waals surface area contributed by atoms with Crippen molar-refractivity contribution in [3.05, 3.63) is 78.4 Å². The van der Waals surface area contributed by atoms with Gasteiger partial charge in [0.05, 0.1) is 17.6 Å². The Morgan fingerprint density at radius 1 is 1.17 bits per heavy atom. The van der Waals surface area contributed by atoms with Crippen molar-refractivity contribution in [2.75, 3.05) is 0 Å². The summed E-state index contributed by atoms with van der Waals surface area (Å²) in [5, 5.41) is 15.1. The van der Waals surface area contributed by atoms with Gasteiger partial charge in [0.1, 0.15) is 17.0 Å². The van der Waals surface area contributed by atoms with Crippen molar-refractivity contribution >= 4 is 46.7 Å². The van der Waals surface area contributed by atoms with Crippen LogP contribution in [0.3, 0.4) is 0 Å². The summed E-state index contributed by atoms with van der Waals surface area (Å²) in [7, 11) is 0. The minimum Gasteiger partial charge on any atom is -0.587 e. The lowest BCUT2D eigenvalue weighted by Gasteiger charge is -2.18. The maximum atomic E-state index is 13.7. The molecule has 1 aromatic carbocycles. The van der Waals surface area contributed by atoms with Crippen molar-refractivity contribution in [2.24, 2.45) is 0 Å². The monoisotopic (exact) mass is 487 g/mol. The zero-order valence-electron chi connectivity index (χ0n) is 19.6. The van der Waals surface area contributed by atoms with Crippen LogP contribution in [0.2, 0.25) is 0 Å². The van der Waals surface area contributed by atoms with Crippen LogP contribution in [0.5, 0.6) is 0 Å². The first kappa shape index (κ1) is 24.2. The van der Waals surface area contributed by atoms with E-state index >= 15 is 0 Å². The van der Waals surface area contributed by atoms with Crippen molar-refractivity contribution < 1.29 is 14.1 Å². The molecular formula is C26H25N5O3S. The van der Waals surface area contributed by atoms with E-state index in [2.05, 4.69) is 15.2 Å². The molecule has 2 N–H and O–H groups in total. The van der Waals surface area contributed by atoms with Crippen molar-refractivity contribution in [3.8, 4) is 11.1 Å². The molecule has 0 amide bonds. The Hall–Kier alpha value is -3.95. The first-order valence-corrected chi connectivity index (χ1v) is 12.0. The van der Waals surface area contributed by atoms with E-state index in [1.807, 2.05) is 30.3 Å². The number of benzene rings is 1. The number of carbonyl (C=O) groups is 1. The standard InChI is InChI=1S/C26H25N5O3S/c1-26(2,3)34-24(32)12-11-18-16-21-20(22-17-29-30-23(22)10-7-14-27)13-15-28-25(21)31(18)35(33)19-8-5-4-6-9-19/h4-17,27H,1-3H3,(H,29,30)/b10-7-,12-11+,27-14?. The summed E-state index contributed by atoms with van der Waals surface area (Å²) in [6.07, 6.45) is 10.8. The second kappa shape index (κ2) is 10.1. The molecule has 1 unspecified atom stereocenters. The fourth-order valence-electron chi connectivity index (χ4n) is 3.53. The number of fused-ring (bicyclic) bond motifs is 1. The van der Waals surface area contributed by atoms with Gasteiger partial charge in [-0.05, 0) is 68.8 Å². The molecule has 9 heteroatoms. The number of aromatic nitrogens is 4. The summed E-state index contributed by atoms with van der Waals surface area (Å²) >= 11 is -1.62. The molecule has 0 spiro atoms. The van der Waals surface area contributed by atoms with Crippen LogP contribution in [0.25, 0.3) is 34.3 Å². The third-order valence-electron chi connectivity index (χ3n) is 4.91. The quantitative estimate of drug-likeness (QED) is 0.164. The van der Waals surface area contributed by atoms with Gasteiger partial charge in [-0.15, -0.1) is 3.97 Å². The van der Waals surface area contributed by atoms with Crippen LogP contribution in [-0.2, 0) is 20.9 Å². The van der Waals surface area contributed by atoms with E-state index in [0.29, 0.717) is 16.2 Å². The minimum absolute atomic E-state index is 0.497. The lowest BCUT2D eigenvalue weighted by atomic mass is 10.0. The van der Waals surface area contributed by atoms with E-state index in [-0.39, 0.29) is 0 Å². The third-order valence-corrected chi connectivity index (χ3v) is 6.30. The smallest absolute Gasteiger partial charge is 0.331 e. The molecule has 0 aliphatic carbocycles. The Balaban J connectivity index is 1.88. The van der Waals surface area contributed by atoms with Crippen LogP contribution < -0.4 is 0 Å². The Kier molecular flexibility index (Phi) is 6.99. The number of esters is 1. The molecular weight excluding hydrogens is 462 g/mol. The summed E-state index contributed by atoms with van der Waals surface area (Å²) in [5.74, 6) is -0.498.